The van der Waals surface area contributed by atoms with E-state index in [0.717, 1.165) is 41.1 Å². The van der Waals surface area contributed by atoms with Crippen LogP contribution in [0.1, 0.15) is 16.1 Å². The van der Waals surface area contributed by atoms with Crippen LogP contribution in [-0.2, 0) is 7.05 Å². The summed E-state index contributed by atoms with van der Waals surface area (Å²) >= 11 is 0. The number of amides is 1. The Bertz CT molecular complexity index is 1230. The molecule has 0 saturated carbocycles. The maximum Gasteiger partial charge on any atom is 0.270 e. The first-order chi connectivity index (χ1) is 15.1. The van der Waals surface area contributed by atoms with E-state index in [2.05, 4.69) is 66.4 Å². The molecule has 1 aliphatic rings. The quantitative estimate of drug-likeness (QED) is 0.499. The lowest BCUT2D eigenvalue weighted by Gasteiger charge is -2.35. The number of hydrogen-bond donors (Lipinski definition) is 0. The third kappa shape index (κ3) is 3.67. The molecule has 1 aliphatic heterocycles. The maximum absolute atomic E-state index is 12.8. The number of fused-ring (bicyclic) bond motifs is 1. The van der Waals surface area contributed by atoms with Crippen LogP contribution in [0.3, 0.4) is 0 Å². The van der Waals surface area contributed by atoms with Crippen molar-refractivity contribution in [1.82, 2.24) is 14.5 Å². The van der Waals surface area contributed by atoms with Crippen LogP contribution in [0.15, 0.2) is 72.9 Å². The zero-order valence-electron chi connectivity index (χ0n) is 18.0. The van der Waals surface area contributed by atoms with E-state index in [1.54, 1.807) is 0 Å². The number of nitrogens with zero attached hydrogens (tertiary/aromatic N) is 4. The molecule has 0 N–H and O–H groups in total. The minimum atomic E-state index is 0.0975. The number of rotatable bonds is 3. The Labute approximate surface area is 182 Å². The first-order valence-corrected chi connectivity index (χ1v) is 10.7. The fourth-order valence-corrected chi connectivity index (χ4v) is 4.26. The van der Waals surface area contributed by atoms with Gasteiger partial charge in [0.15, 0.2) is 0 Å². The summed E-state index contributed by atoms with van der Waals surface area (Å²) in [5.41, 5.74) is 5.34. The van der Waals surface area contributed by atoms with Gasteiger partial charge < -0.3 is 14.4 Å². The summed E-state index contributed by atoms with van der Waals surface area (Å²) < 4.78 is 1.88. The molecule has 1 fully saturated rings. The number of benzene rings is 2. The van der Waals surface area contributed by atoms with E-state index in [0.29, 0.717) is 13.1 Å². The highest BCUT2D eigenvalue weighted by molar-refractivity contribution is 5.95. The summed E-state index contributed by atoms with van der Waals surface area (Å²) in [6.45, 7) is 5.06. The van der Waals surface area contributed by atoms with Crippen molar-refractivity contribution in [3.8, 4) is 11.1 Å². The van der Waals surface area contributed by atoms with E-state index in [1.165, 1.54) is 11.1 Å². The average molecular weight is 411 g/mol. The van der Waals surface area contributed by atoms with Crippen molar-refractivity contribution in [3.05, 3.63) is 84.2 Å². The first kappa shape index (κ1) is 19.4. The SMILES string of the molecule is Cc1ccc(-c2cccc3ccc(N4CCN(C(=O)c5cccn5C)CC4)nc23)cc1. The zero-order valence-corrected chi connectivity index (χ0v) is 18.0. The molecule has 0 radical (unpaired) electrons. The Morgan fingerprint density at radius 3 is 2.35 bits per heavy atom. The highest BCUT2D eigenvalue weighted by Crippen LogP contribution is 2.29. The van der Waals surface area contributed by atoms with E-state index >= 15 is 0 Å². The smallest absolute Gasteiger partial charge is 0.270 e. The van der Waals surface area contributed by atoms with Crippen LogP contribution in [0.4, 0.5) is 5.82 Å². The van der Waals surface area contributed by atoms with Gasteiger partial charge in [0.05, 0.1) is 5.52 Å². The van der Waals surface area contributed by atoms with Gasteiger partial charge in [-0.15, -0.1) is 0 Å². The van der Waals surface area contributed by atoms with Gasteiger partial charge in [0.2, 0.25) is 0 Å². The summed E-state index contributed by atoms with van der Waals surface area (Å²) in [5.74, 6) is 1.07. The summed E-state index contributed by atoms with van der Waals surface area (Å²) in [6, 6.07) is 23.0. The summed E-state index contributed by atoms with van der Waals surface area (Å²) in [7, 11) is 1.91. The number of anilines is 1. The van der Waals surface area contributed by atoms with E-state index in [-0.39, 0.29) is 5.91 Å². The van der Waals surface area contributed by atoms with Crippen LogP contribution in [0.5, 0.6) is 0 Å². The summed E-state index contributed by atoms with van der Waals surface area (Å²) in [6.07, 6.45) is 1.91. The molecule has 5 heteroatoms. The molecule has 0 unspecified atom stereocenters. The number of aryl methyl sites for hydroxylation is 2. The molecule has 31 heavy (non-hydrogen) atoms. The van der Waals surface area contributed by atoms with Gasteiger partial charge in [-0.3, -0.25) is 4.79 Å². The predicted molar refractivity (Wildman–Crippen MR) is 125 cm³/mol. The minimum Gasteiger partial charge on any atom is -0.353 e. The van der Waals surface area contributed by atoms with Crippen molar-refractivity contribution in [1.29, 1.82) is 0 Å². The fraction of sp³-hybridized carbons (Fsp3) is 0.231. The lowest BCUT2D eigenvalue weighted by molar-refractivity contribution is 0.0737. The van der Waals surface area contributed by atoms with Gasteiger partial charge >= 0.3 is 0 Å². The number of para-hydroxylation sites is 1. The average Bonchev–Trinajstić information content (AvgIpc) is 3.24. The first-order valence-electron chi connectivity index (χ1n) is 10.7. The lowest BCUT2D eigenvalue weighted by atomic mass is 10.0. The molecular formula is C26H26N4O. The van der Waals surface area contributed by atoms with Crippen LogP contribution in [0.2, 0.25) is 0 Å². The standard InChI is InChI=1S/C26H26N4O/c1-19-8-10-20(11-9-19)22-6-3-5-21-12-13-24(27-25(21)22)29-15-17-30(18-16-29)26(31)23-7-4-14-28(23)2/h3-14H,15-18H2,1-2H3. The number of aromatic nitrogens is 2. The third-order valence-corrected chi connectivity index (χ3v) is 6.12. The molecule has 2 aromatic heterocycles. The van der Waals surface area contributed by atoms with Crippen LogP contribution in [0, 0.1) is 6.92 Å². The van der Waals surface area contributed by atoms with Gasteiger partial charge in [-0.05, 0) is 36.8 Å². The molecule has 0 bridgehead atoms. The Hall–Kier alpha value is -3.60. The fourth-order valence-electron chi connectivity index (χ4n) is 4.26. The topological polar surface area (TPSA) is 41.4 Å². The molecule has 1 saturated heterocycles. The molecule has 2 aromatic carbocycles. The van der Waals surface area contributed by atoms with E-state index < -0.39 is 0 Å². The highest BCUT2D eigenvalue weighted by atomic mass is 16.2. The molecule has 156 valence electrons. The van der Waals surface area contributed by atoms with Gasteiger partial charge in [0.1, 0.15) is 11.5 Å². The largest absolute Gasteiger partial charge is 0.353 e. The molecular weight excluding hydrogens is 384 g/mol. The van der Waals surface area contributed by atoms with Crippen molar-refractivity contribution in [3.63, 3.8) is 0 Å². The van der Waals surface area contributed by atoms with Crippen molar-refractivity contribution >= 4 is 22.6 Å². The van der Waals surface area contributed by atoms with Crippen LogP contribution < -0.4 is 4.90 Å². The second kappa shape index (κ2) is 7.91. The molecule has 0 spiro atoms. The minimum absolute atomic E-state index is 0.0975. The van der Waals surface area contributed by atoms with Crippen LogP contribution >= 0.6 is 0 Å². The number of piperazine rings is 1. The Morgan fingerprint density at radius 2 is 1.65 bits per heavy atom. The van der Waals surface area contributed by atoms with Crippen molar-refractivity contribution in [2.45, 2.75) is 6.92 Å². The number of carbonyl (C=O) groups excluding carboxylic acids is 1. The van der Waals surface area contributed by atoms with Crippen molar-refractivity contribution in [2.75, 3.05) is 31.1 Å². The highest BCUT2D eigenvalue weighted by Gasteiger charge is 2.24. The molecule has 5 rings (SSSR count). The molecule has 1 amide bonds. The zero-order chi connectivity index (χ0) is 21.4. The lowest BCUT2D eigenvalue weighted by Crippen LogP contribution is -2.49. The normalized spacial score (nSPS) is 14.3. The van der Waals surface area contributed by atoms with Gasteiger partial charge in [0, 0.05) is 50.4 Å². The van der Waals surface area contributed by atoms with Crippen LogP contribution in [0.25, 0.3) is 22.0 Å². The van der Waals surface area contributed by atoms with Gasteiger partial charge in [0.25, 0.3) is 5.91 Å². The second-order valence-electron chi connectivity index (χ2n) is 8.20. The Morgan fingerprint density at radius 1 is 0.871 bits per heavy atom. The molecule has 5 nitrogen and oxygen atoms in total. The van der Waals surface area contributed by atoms with Gasteiger partial charge in [-0.25, -0.2) is 4.98 Å². The summed E-state index contributed by atoms with van der Waals surface area (Å²) in [5, 5.41) is 1.14. The second-order valence-corrected chi connectivity index (χ2v) is 8.20. The van der Waals surface area contributed by atoms with E-state index in [4.69, 9.17) is 4.98 Å². The maximum atomic E-state index is 12.8. The summed E-state index contributed by atoms with van der Waals surface area (Å²) in [4.78, 5) is 22.1. The number of carbonyl (C=O) groups is 1. The molecule has 3 heterocycles. The molecule has 0 atom stereocenters. The van der Waals surface area contributed by atoms with Gasteiger partial charge in [-0.1, -0.05) is 48.0 Å². The monoisotopic (exact) mass is 410 g/mol. The number of hydrogen-bond acceptors (Lipinski definition) is 3. The third-order valence-electron chi connectivity index (χ3n) is 6.12. The number of pyridine rings is 1. The Balaban J connectivity index is 1.39. The van der Waals surface area contributed by atoms with E-state index in [1.807, 2.05) is 34.8 Å². The Kier molecular flexibility index (Phi) is 4.94. The predicted octanol–water partition coefficient (Wildman–Crippen LogP) is 4.51. The van der Waals surface area contributed by atoms with Crippen molar-refractivity contribution in [2.24, 2.45) is 7.05 Å². The van der Waals surface area contributed by atoms with Crippen LogP contribution in [-0.4, -0.2) is 46.5 Å². The molecule has 4 aromatic rings. The van der Waals surface area contributed by atoms with Gasteiger partial charge in [-0.2, -0.15) is 0 Å². The van der Waals surface area contributed by atoms with Crippen molar-refractivity contribution < 1.29 is 4.79 Å². The van der Waals surface area contributed by atoms with E-state index in [9.17, 15) is 4.79 Å². The molecule has 0 aliphatic carbocycles.